The minimum absolute atomic E-state index is 0.510. The molecular weight excluding hydrogens is 216 g/mol. The molecule has 17 heavy (non-hydrogen) atoms. The Morgan fingerprint density at radius 1 is 1.35 bits per heavy atom. The highest BCUT2D eigenvalue weighted by molar-refractivity contribution is 5.43. The lowest BCUT2D eigenvalue weighted by Crippen LogP contribution is -2.00. The van der Waals surface area contributed by atoms with Gasteiger partial charge in [-0.1, -0.05) is 6.07 Å². The second kappa shape index (κ2) is 6.82. The zero-order valence-corrected chi connectivity index (χ0v) is 10.5. The van der Waals surface area contributed by atoms with Crippen molar-refractivity contribution in [3.8, 4) is 23.3 Å². The van der Waals surface area contributed by atoms with Crippen molar-refractivity contribution in [2.45, 2.75) is 26.4 Å². The molecule has 0 spiro atoms. The van der Waals surface area contributed by atoms with Gasteiger partial charge in [-0.3, -0.25) is 0 Å². The van der Waals surface area contributed by atoms with E-state index in [1.165, 1.54) is 0 Å². The Balaban J connectivity index is 2.73. The van der Waals surface area contributed by atoms with Crippen molar-refractivity contribution >= 4 is 0 Å². The van der Waals surface area contributed by atoms with E-state index in [1.807, 2.05) is 6.07 Å². The van der Waals surface area contributed by atoms with Crippen LogP contribution in [0.5, 0.6) is 11.5 Å². The molecule has 0 unspecified atom stereocenters. The summed E-state index contributed by atoms with van der Waals surface area (Å²) in [6, 6.07) is 5.42. The minimum atomic E-state index is -0.510. The molecule has 92 valence electrons. The molecule has 0 saturated carbocycles. The van der Waals surface area contributed by atoms with Gasteiger partial charge < -0.3 is 14.6 Å². The van der Waals surface area contributed by atoms with E-state index in [0.29, 0.717) is 24.5 Å². The number of ether oxygens (including phenoxy) is 2. The number of aliphatic hydroxyl groups excluding tert-OH is 1. The first-order valence-electron chi connectivity index (χ1n) is 5.57. The fraction of sp³-hybridized carbons (Fsp3) is 0.429. The average Bonchev–Trinajstić information content (AvgIpc) is 2.34. The first-order valence-corrected chi connectivity index (χ1v) is 5.57. The molecule has 0 aliphatic heterocycles. The van der Waals surface area contributed by atoms with Crippen LogP contribution in [0.15, 0.2) is 18.2 Å². The molecule has 0 fully saturated rings. The molecule has 1 atom stereocenters. The zero-order valence-electron chi connectivity index (χ0n) is 10.5. The quantitative estimate of drug-likeness (QED) is 0.628. The van der Waals surface area contributed by atoms with E-state index in [9.17, 15) is 5.11 Å². The van der Waals surface area contributed by atoms with Crippen LogP contribution in [0.25, 0.3) is 0 Å². The van der Waals surface area contributed by atoms with Crippen LogP contribution in [0, 0.1) is 11.8 Å². The molecule has 0 aromatic heterocycles. The van der Waals surface area contributed by atoms with Crippen LogP contribution < -0.4 is 9.47 Å². The molecule has 0 radical (unpaired) electrons. The molecule has 0 bridgehead atoms. The molecule has 0 saturated heterocycles. The lowest BCUT2D eigenvalue weighted by Gasteiger charge is -2.12. The van der Waals surface area contributed by atoms with Gasteiger partial charge in [-0.2, -0.15) is 0 Å². The second-order valence-electron chi connectivity index (χ2n) is 3.61. The average molecular weight is 234 g/mol. The second-order valence-corrected chi connectivity index (χ2v) is 3.61. The van der Waals surface area contributed by atoms with Crippen molar-refractivity contribution in [1.29, 1.82) is 0 Å². The summed E-state index contributed by atoms with van der Waals surface area (Å²) in [5, 5.41) is 9.47. The largest absolute Gasteiger partial charge is 0.493 e. The van der Waals surface area contributed by atoms with Crippen LogP contribution >= 0.6 is 0 Å². The predicted octanol–water partition coefficient (Wildman–Crippen LogP) is 2.54. The SMILES string of the molecule is CC#CCCOc1ccc([C@@H](C)O)cc1OC. The maximum Gasteiger partial charge on any atom is 0.161 e. The van der Waals surface area contributed by atoms with Crippen molar-refractivity contribution in [3.63, 3.8) is 0 Å². The smallest absolute Gasteiger partial charge is 0.161 e. The molecule has 3 heteroatoms. The molecule has 3 nitrogen and oxygen atoms in total. The number of rotatable bonds is 5. The summed E-state index contributed by atoms with van der Waals surface area (Å²) in [7, 11) is 1.58. The highest BCUT2D eigenvalue weighted by Crippen LogP contribution is 2.30. The van der Waals surface area contributed by atoms with E-state index in [2.05, 4.69) is 11.8 Å². The molecule has 1 aromatic rings. The van der Waals surface area contributed by atoms with E-state index in [1.54, 1.807) is 33.1 Å². The van der Waals surface area contributed by atoms with E-state index in [0.717, 1.165) is 5.56 Å². The standard InChI is InChI=1S/C14H18O3/c1-4-5-6-9-17-13-8-7-12(11(2)15)10-14(13)16-3/h7-8,10-11,15H,6,9H2,1-3H3/t11-/m1/s1. The third kappa shape index (κ3) is 4.01. The van der Waals surface area contributed by atoms with Crippen molar-refractivity contribution < 1.29 is 14.6 Å². The molecule has 1 aromatic carbocycles. The summed E-state index contributed by atoms with van der Waals surface area (Å²) in [5.74, 6) is 7.05. The molecule has 0 aliphatic carbocycles. The number of hydrogen-bond acceptors (Lipinski definition) is 3. The van der Waals surface area contributed by atoms with Gasteiger partial charge in [0.25, 0.3) is 0 Å². The maximum atomic E-state index is 9.47. The molecular formula is C14H18O3. The molecule has 1 N–H and O–H groups in total. The molecule has 1 rings (SSSR count). The van der Waals surface area contributed by atoms with Crippen molar-refractivity contribution in [2.24, 2.45) is 0 Å². The Labute approximate surface area is 102 Å². The van der Waals surface area contributed by atoms with Gasteiger partial charge in [-0.25, -0.2) is 0 Å². The fourth-order valence-corrected chi connectivity index (χ4v) is 1.40. The number of hydrogen-bond donors (Lipinski definition) is 1. The van der Waals surface area contributed by atoms with Crippen LogP contribution in [0.3, 0.4) is 0 Å². The van der Waals surface area contributed by atoms with E-state index in [-0.39, 0.29) is 0 Å². The van der Waals surface area contributed by atoms with Crippen molar-refractivity contribution in [3.05, 3.63) is 23.8 Å². The van der Waals surface area contributed by atoms with E-state index in [4.69, 9.17) is 9.47 Å². The summed E-state index contributed by atoms with van der Waals surface area (Å²) in [4.78, 5) is 0. The van der Waals surface area contributed by atoms with Crippen LogP contribution in [-0.2, 0) is 0 Å². The molecule has 0 heterocycles. The molecule has 0 amide bonds. The highest BCUT2D eigenvalue weighted by atomic mass is 16.5. The first kappa shape index (κ1) is 13.4. The third-order valence-corrected chi connectivity index (χ3v) is 2.33. The van der Waals surface area contributed by atoms with Gasteiger partial charge in [0.1, 0.15) is 0 Å². The Bertz CT molecular complexity index is 413. The number of aliphatic hydroxyl groups is 1. The highest BCUT2D eigenvalue weighted by Gasteiger charge is 2.08. The van der Waals surface area contributed by atoms with Crippen molar-refractivity contribution in [2.75, 3.05) is 13.7 Å². The van der Waals surface area contributed by atoms with Crippen LogP contribution in [0.4, 0.5) is 0 Å². The van der Waals surface area contributed by atoms with Gasteiger partial charge in [0.2, 0.25) is 0 Å². The van der Waals surface area contributed by atoms with Gasteiger partial charge in [0.05, 0.1) is 19.8 Å². The lowest BCUT2D eigenvalue weighted by atomic mass is 10.1. The van der Waals surface area contributed by atoms with E-state index >= 15 is 0 Å². The molecule has 0 aliphatic rings. The van der Waals surface area contributed by atoms with Gasteiger partial charge in [-0.15, -0.1) is 11.8 Å². The van der Waals surface area contributed by atoms with Gasteiger partial charge >= 0.3 is 0 Å². The van der Waals surface area contributed by atoms with Gasteiger partial charge in [0.15, 0.2) is 11.5 Å². The van der Waals surface area contributed by atoms with Crippen LogP contribution in [-0.4, -0.2) is 18.8 Å². The van der Waals surface area contributed by atoms with Crippen molar-refractivity contribution in [1.82, 2.24) is 0 Å². The Hall–Kier alpha value is -1.66. The van der Waals surface area contributed by atoms with Crippen LogP contribution in [0.1, 0.15) is 31.9 Å². The van der Waals surface area contributed by atoms with Gasteiger partial charge in [0, 0.05) is 6.42 Å². The first-order chi connectivity index (χ1) is 8.19. The summed E-state index contributed by atoms with van der Waals surface area (Å²) < 4.78 is 10.8. The number of benzene rings is 1. The summed E-state index contributed by atoms with van der Waals surface area (Å²) in [5.41, 5.74) is 0.808. The topological polar surface area (TPSA) is 38.7 Å². The van der Waals surface area contributed by atoms with Crippen LogP contribution in [0.2, 0.25) is 0 Å². The van der Waals surface area contributed by atoms with E-state index < -0.39 is 6.10 Å². The van der Waals surface area contributed by atoms with Gasteiger partial charge in [-0.05, 0) is 31.5 Å². The third-order valence-electron chi connectivity index (χ3n) is 2.33. The normalized spacial score (nSPS) is 11.3. The maximum absolute atomic E-state index is 9.47. The monoisotopic (exact) mass is 234 g/mol. The summed E-state index contributed by atoms with van der Waals surface area (Å²) in [6.45, 7) is 4.05. The fourth-order valence-electron chi connectivity index (χ4n) is 1.40. The number of methoxy groups -OCH3 is 1. The summed E-state index contributed by atoms with van der Waals surface area (Å²) in [6.07, 6.45) is 0.182. The Morgan fingerprint density at radius 2 is 2.12 bits per heavy atom. The zero-order chi connectivity index (χ0) is 12.7. The summed E-state index contributed by atoms with van der Waals surface area (Å²) >= 11 is 0. The Morgan fingerprint density at radius 3 is 2.71 bits per heavy atom. The predicted molar refractivity (Wildman–Crippen MR) is 67.2 cm³/mol. The lowest BCUT2D eigenvalue weighted by molar-refractivity contribution is 0.198. The minimum Gasteiger partial charge on any atom is -0.493 e. The Kier molecular flexibility index (Phi) is 5.38.